The SMILES string of the molecule is COc1cc(C(=O)/C=C/c2ccc(OCc3ccccc3)cc2)ccc1OCC(=O)[O-]. The Labute approximate surface area is 180 Å². The van der Waals surface area contributed by atoms with Gasteiger partial charge in [0.1, 0.15) is 19.0 Å². The number of carboxylic acid groups (broad SMARTS) is 1. The molecule has 0 radical (unpaired) electrons. The third-order valence-corrected chi connectivity index (χ3v) is 4.35. The largest absolute Gasteiger partial charge is 0.546 e. The molecule has 0 unspecified atom stereocenters. The number of aliphatic carboxylic acids is 1. The van der Waals surface area contributed by atoms with Crippen LogP contribution in [0.15, 0.2) is 78.9 Å². The Bertz CT molecular complexity index is 1060. The molecule has 0 spiro atoms. The summed E-state index contributed by atoms with van der Waals surface area (Å²) in [7, 11) is 1.41. The van der Waals surface area contributed by atoms with Crippen LogP contribution in [0.5, 0.6) is 17.2 Å². The van der Waals surface area contributed by atoms with Gasteiger partial charge in [-0.2, -0.15) is 0 Å². The van der Waals surface area contributed by atoms with E-state index < -0.39 is 12.6 Å². The quantitative estimate of drug-likeness (QED) is 0.372. The smallest absolute Gasteiger partial charge is 0.185 e. The van der Waals surface area contributed by atoms with Gasteiger partial charge in [0.05, 0.1) is 13.1 Å². The summed E-state index contributed by atoms with van der Waals surface area (Å²) in [6, 6.07) is 21.8. The fourth-order valence-corrected chi connectivity index (χ4v) is 2.76. The summed E-state index contributed by atoms with van der Waals surface area (Å²) >= 11 is 0. The zero-order valence-electron chi connectivity index (χ0n) is 16.9. The number of hydrogen-bond acceptors (Lipinski definition) is 6. The first kappa shape index (κ1) is 21.6. The van der Waals surface area contributed by atoms with Crippen molar-refractivity contribution in [2.24, 2.45) is 0 Å². The van der Waals surface area contributed by atoms with Crippen molar-refractivity contribution in [3.8, 4) is 17.2 Å². The Morgan fingerprint density at radius 1 is 0.903 bits per heavy atom. The molecule has 0 aliphatic heterocycles. The summed E-state index contributed by atoms with van der Waals surface area (Å²) in [5.74, 6) is -0.348. The highest BCUT2D eigenvalue weighted by Gasteiger charge is 2.09. The summed E-state index contributed by atoms with van der Waals surface area (Å²) in [6.07, 6.45) is 3.16. The van der Waals surface area contributed by atoms with Crippen LogP contribution in [0.1, 0.15) is 21.5 Å². The molecule has 0 aliphatic rings. The zero-order chi connectivity index (χ0) is 22.1. The van der Waals surface area contributed by atoms with E-state index in [9.17, 15) is 14.7 Å². The maximum Gasteiger partial charge on any atom is 0.185 e. The second-order valence-electron chi connectivity index (χ2n) is 6.57. The van der Waals surface area contributed by atoms with Crippen LogP contribution in [0, 0.1) is 0 Å². The van der Waals surface area contributed by atoms with Gasteiger partial charge in [-0.1, -0.05) is 48.5 Å². The molecule has 6 nitrogen and oxygen atoms in total. The van der Waals surface area contributed by atoms with Gasteiger partial charge in [-0.05, 0) is 47.5 Å². The molecule has 3 aromatic carbocycles. The molecule has 0 heterocycles. The van der Waals surface area contributed by atoms with E-state index in [1.54, 1.807) is 12.1 Å². The van der Waals surface area contributed by atoms with E-state index >= 15 is 0 Å². The minimum atomic E-state index is -1.35. The predicted molar refractivity (Wildman–Crippen MR) is 114 cm³/mol. The summed E-state index contributed by atoms with van der Waals surface area (Å²) in [5.41, 5.74) is 2.32. The lowest BCUT2D eigenvalue weighted by Crippen LogP contribution is -2.29. The second kappa shape index (κ2) is 10.6. The minimum absolute atomic E-state index is 0.221. The van der Waals surface area contributed by atoms with Gasteiger partial charge in [0.25, 0.3) is 0 Å². The number of allylic oxidation sites excluding steroid dienone is 1. The molecule has 6 heteroatoms. The first-order valence-corrected chi connectivity index (χ1v) is 9.55. The number of ketones is 1. The monoisotopic (exact) mass is 417 g/mol. The fraction of sp³-hybridized carbons (Fsp3) is 0.120. The maximum absolute atomic E-state index is 12.5. The van der Waals surface area contributed by atoms with Crippen molar-refractivity contribution >= 4 is 17.8 Å². The van der Waals surface area contributed by atoms with Crippen molar-refractivity contribution in [1.29, 1.82) is 0 Å². The van der Waals surface area contributed by atoms with Crippen LogP contribution in [-0.4, -0.2) is 25.5 Å². The molecule has 31 heavy (non-hydrogen) atoms. The number of methoxy groups -OCH3 is 1. The number of hydrogen-bond donors (Lipinski definition) is 0. The number of carbonyl (C=O) groups is 2. The van der Waals surface area contributed by atoms with Crippen LogP contribution in [0.25, 0.3) is 6.08 Å². The molecule has 0 aromatic heterocycles. The Balaban J connectivity index is 1.60. The Morgan fingerprint density at radius 3 is 2.32 bits per heavy atom. The van der Waals surface area contributed by atoms with E-state index in [0.29, 0.717) is 12.2 Å². The second-order valence-corrected chi connectivity index (χ2v) is 6.57. The third kappa shape index (κ3) is 6.47. The van der Waals surface area contributed by atoms with Gasteiger partial charge in [-0.15, -0.1) is 0 Å². The summed E-state index contributed by atoms with van der Waals surface area (Å²) < 4.78 is 16.0. The van der Waals surface area contributed by atoms with Crippen molar-refractivity contribution in [2.75, 3.05) is 13.7 Å². The summed E-state index contributed by atoms with van der Waals surface area (Å²) in [5, 5.41) is 10.5. The predicted octanol–water partition coefficient (Wildman–Crippen LogP) is 3.30. The highest BCUT2D eigenvalue weighted by molar-refractivity contribution is 6.07. The van der Waals surface area contributed by atoms with Crippen molar-refractivity contribution in [2.45, 2.75) is 6.61 Å². The molecule has 0 atom stereocenters. The van der Waals surface area contributed by atoms with Gasteiger partial charge in [0.2, 0.25) is 0 Å². The van der Waals surface area contributed by atoms with Gasteiger partial charge in [0.15, 0.2) is 17.3 Å². The van der Waals surface area contributed by atoms with Crippen LogP contribution in [-0.2, 0) is 11.4 Å². The van der Waals surface area contributed by atoms with E-state index in [0.717, 1.165) is 16.9 Å². The lowest BCUT2D eigenvalue weighted by molar-refractivity contribution is -0.307. The summed E-state index contributed by atoms with van der Waals surface area (Å²) in [6.45, 7) is -0.117. The Morgan fingerprint density at radius 2 is 1.65 bits per heavy atom. The molecule has 0 amide bonds. The molecule has 0 fully saturated rings. The molecular formula is C25H21O6-. The average molecular weight is 417 g/mol. The summed E-state index contributed by atoms with van der Waals surface area (Å²) in [4.78, 5) is 23.0. The molecule has 0 aliphatic carbocycles. The average Bonchev–Trinajstić information content (AvgIpc) is 2.81. The van der Waals surface area contributed by atoms with Gasteiger partial charge in [-0.25, -0.2) is 0 Å². The molecule has 158 valence electrons. The first-order chi connectivity index (χ1) is 15.0. The van der Waals surface area contributed by atoms with Gasteiger partial charge >= 0.3 is 0 Å². The molecule has 0 saturated carbocycles. The van der Waals surface area contributed by atoms with Crippen LogP contribution in [0.4, 0.5) is 0 Å². The number of rotatable bonds is 10. The van der Waals surface area contributed by atoms with Crippen LogP contribution >= 0.6 is 0 Å². The lowest BCUT2D eigenvalue weighted by Gasteiger charge is -2.11. The standard InChI is InChI=1S/C25H22O6/c1-29-24-15-20(10-14-23(24)31-17-25(27)28)22(26)13-9-18-7-11-21(12-8-18)30-16-19-5-3-2-4-6-19/h2-15H,16-17H2,1H3,(H,27,28)/p-1/b13-9+. The highest BCUT2D eigenvalue weighted by atomic mass is 16.5. The number of carbonyl (C=O) groups excluding carboxylic acids is 2. The lowest BCUT2D eigenvalue weighted by atomic mass is 10.1. The molecule has 3 rings (SSSR count). The van der Waals surface area contributed by atoms with E-state index in [1.807, 2.05) is 54.6 Å². The van der Waals surface area contributed by atoms with Gasteiger partial charge in [-0.3, -0.25) is 4.79 Å². The van der Waals surface area contributed by atoms with E-state index in [-0.39, 0.29) is 17.3 Å². The van der Waals surface area contributed by atoms with Crippen molar-refractivity contribution in [3.05, 3.63) is 95.6 Å². The normalized spacial score (nSPS) is 10.6. The number of ether oxygens (including phenoxy) is 3. The Hall–Kier alpha value is -4.06. The number of benzene rings is 3. The molecule has 0 N–H and O–H groups in total. The van der Waals surface area contributed by atoms with E-state index in [4.69, 9.17) is 14.2 Å². The molecular weight excluding hydrogens is 396 g/mol. The van der Waals surface area contributed by atoms with Crippen LogP contribution in [0.2, 0.25) is 0 Å². The van der Waals surface area contributed by atoms with Crippen molar-refractivity contribution in [3.63, 3.8) is 0 Å². The van der Waals surface area contributed by atoms with Gasteiger partial charge < -0.3 is 24.1 Å². The molecule has 0 saturated heterocycles. The number of carboxylic acids is 1. The van der Waals surface area contributed by atoms with Crippen LogP contribution in [0.3, 0.4) is 0 Å². The highest BCUT2D eigenvalue weighted by Crippen LogP contribution is 2.28. The van der Waals surface area contributed by atoms with Crippen molar-refractivity contribution in [1.82, 2.24) is 0 Å². The minimum Gasteiger partial charge on any atom is -0.546 e. The first-order valence-electron chi connectivity index (χ1n) is 9.55. The topological polar surface area (TPSA) is 84.9 Å². The van der Waals surface area contributed by atoms with Crippen molar-refractivity contribution < 1.29 is 28.9 Å². The third-order valence-electron chi connectivity index (χ3n) is 4.35. The zero-order valence-corrected chi connectivity index (χ0v) is 16.9. The van der Waals surface area contributed by atoms with Crippen LogP contribution < -0.4 is 19.3 Å². The molecule has 0 bridgehead atoms. The van der Waals surface area contributed by atoms with E-state index in [1.165, 1.54) is 25.3 Å². The molecule has 3 aromatic rings. The van der Waals surface area contributed by atoms with Gasteiger partial charge in [0, 0.05) is 5.56 Å². The Kier molecular flexibility index (Phi) is 7.43. The fourth-order valence-electron chi connectivity index (χ4n) is 2.76. The van der Waals surface area contributed by atoms with E-state index in [2.05, 4.69) is 0 Å². The maximum atomic E-state index is 12.5.